The Hall–Kier alpha value is -0.820. The first-order valence-electron chi connectivity index (χ1n) is 4.57. The van der Waals surface area contributed by atoms with Crippen molar-refractivity contribution in [2.45, 2.75) is 27.7 Å². The van der Waals surface area contributed by atoms with E-state index in [1.165, 1.54) is 31.7 Å². The molecule has 0 bridgehead atoms. The predicted molar refractivity (Wildman–Crippen MR) is 60.8 cm³/mol. The zero-order chi connectivity index (χ0) is 9.59. The number of thiophene rings is 1. The number of hydrogen-bond acceptors (Lipinski definition) is 1. The fraction of sp³-hybridized carbons (Fsp3) is 0.333. The Kier molecular flexibility index (Phi) is 1.92. The first kappa shape index (κ1) is 8.76. The fourth-order valence-corrected chi connectivity index (χ4v) is 2.85. The smallest absolute Gasteiger partial charge is 0.0380 e. The van der Waals surface area contributed by atoms with E-state index >= 15 is 0 Å². The average molecular weight is 190 g/mol. The van der Waals surface area contributed by atoms with Crippen LogP contribution in [0.3, 0.4) is 0 Å². The van der Waals surface area contributed by atoms with E-state index in [0.29, 0.717) is 0 Å². The van der Waals surface area contributed by atoms with Crippen LogP contribution in [0.2, 0.25) is 0 Å². The largest absolute Gasteiger partial charge is 0.140 e. The van der Waals surface area contributed by atoms with Crippen molar-refractivity contribution >= 4 is 21.4 Å². The van der Waals surface area contributed by atoms with Gasteiger partial charge in [-0.05, 0) is 49.8 Å². The van der Waals surface area contributed by atoms with Crippen LogP contribution in [0.5, 0.6) is 0 Å². The Balaban J connectivity index is 2.94. The molecule has 2 rings (SSSR count). The molecule has 0 saturated heterocycles. The van der Waals surface area contributed by atoms with Gasteiger partial charge in [0.1, 0.15) is 0 Å². The van der Waals surface area contributed by atoms with Crippen LogP contribution in [-0.4, -0.2) is 0 Å². The first-order chi connectivity index (χ1) is 6.11. The van der Waals surface area contributed by atoms with E-state index in [0.717, 1.165) is 0 Å². The highest BCUT2D eigenvalue weighted by atomic mass is 32.1. The van der Waals surface area contributed by atoms with E-state index < -0.39 is 0 Å². The maximum absolute atomic E-state index is 2.25. The maximum atomic E-state index is 2.25. The lowest BCUT2D eigenvalue weighted by atomic mass is 10.1. The molecule has 0 spiro atoms. The van der Waals surface area contributed by atoms with Gasteiger partial charge in [-0.3, -0.25) is 0 Å². The van der Waals surface area contributed by atoms with E-state index in [1.54, 1.807) is 0 Å². The van der Waals surface area contributed by atoms with E-state index in [1.807, 2.05) is 11.3 Å². The molecule has 0 unspecified atom stereocenters. The van der Waals surface area contributed by atoms with Gasteiger partial charge in [0.15, 0.2) is 0 Å². The summed E-state index contributed by atoms with van der Waals surface area (Å²) in [6.07, 6.45) is 0. The van der Waals surface area contributed by atoms with Crippen LogP contribution in [0.25, 0.3) is 10.1 Å². The van der Waals surface area contributed by atoms with Crippen molar-refractivity contribution in [3.63, 3.8) is 0 Å². The van der Waals surface area contributed by atoms with Crippen LogP contribution >= 0.6 is 11.3 Å². The maximum Gasteiger partial charge on any atom is 0.0380 e. The van der Waals surface area contributed by atoms with Crippen LogP contribution in [0, 0.1) is 27.7 Å². The molecule has 1 heterocycles. The zero-order valence-corrected chi connectivity index (χ0v) is 9.38. The highest BCUT2D eigenvalue weighted by Crippen LogP contribution is 2.33. The molecule has 13 heavy (non-hydrogen) atoms. The summed E-state index contributed by atoms with van der Waals surface area (Å²) in [4.78, 5) is 1.45. The second kappa shape index (κ2) is 2.85. The summed E-state index contributed by atoms with van der Waals surface area (Å²) in [5, 5.41) is 1.44. The third kappa shape index (κ3) is 1.19. The van der Waals surface area contributed by atoms with Gasteiger partial charge in [-0.15, -0.1) is 11.3 Å². The molecule has 68 valence electrons. The van der Waals surface area contributed by atoms with Gasteiger partial charge in [0.2, 0.25) is 0 Å². The Bertz CT molecular complexity index is 463. The lowest BCUT2D eigenvalue weighted by molar-refractivity contribution is 1.38. The number of hydrogen-bond donors (Lipinski definition) is 0. The molecule has 0 saturated carbocycles. The zero-order valence-electron chi connectivity index (χ0n) is 8.56. The summed E-state index contributed by atoms with van der Waals surface area (Å²) < 4.78 is 1.47. The van der Waals surface area contributed by atoms with Crippen LogP contribution in [0.4, 0.5) is 0 Å². The Morgan fingerprint density at radius 1 is 0.923 bits per heavy atom. The number of aryl methyl sites for hydroxylation is 4. The number of benzene rings is 1. The summed E-state index contributed by atoms with van der Waals surface area (Å²) in [7, 11) is 0. The van der Waals surface area contributed by atoms with E-state index in [4.69, 9.17) is 0 Å². The molecule has 0 fully saturated rings. The van der Waals surface area contributed by atoms with Gasteiger partial charge in [-0.25, -0.2) is 0 Å². The molecule has 0 radical (unpaired) electrons. The molecule has 0 amide bonds. The van der Waals surface area contributed by atoms with Gasteiger partial charge < -0.3 is 0 Å². The van der Waals surface area contributed by atoms with Crippen molar-refractivity contribution in [1.29, 1.82) is 0 Å². The molecule has 0 N–H and O–H groups in total. The minimum absolute atomic E-state index is 1.40. The summed E-state index contributed by atoms with van der Waals surface area (Å²) >= 11 is 1.92. The molecule has 1 aromatic heterocycles. The topological polar surface area (TPSA) is 0 Å². The van der Waals surface area contributed by atoms with Crippen LogP contribution in [0.15, 0.2) is 12.1 Å². The van der Waals surface area contributed by atoms with Crippen molar-refractivity contribution < 1.29 is 0 Å². The van der Waals surface area contributed by atoms with E-state index in [9.17, 15) is 0 Å². The lowest BCUT2D eigenvalue weighted by Gasteiger charge is -2.00. The number of fused-ring (bicyclic) bond motifs is 1. The van der Waals surface area contributed by atoms with Gasteiger partial charge in [-0.1, -0.05) is 12.1 Å². The fourth-order valence-electron chi connectivity index (χ4n) is 1.64. The second-order valence-electron chi connectivity index (χ2n) is 3.67. The molecule has 0 aliphatic carbocycles. The Morgan fingerprint density at radius 2 is 1.62 bits per heavy atom. The van der Waals surface area contributed by atoms with Crippen molar-refractivity contribution in [3.8, 4) is 0 Å². The van der Waals surface area contributed by atoms with Crippen molar-refractivity contribution in [2.75, 3.05) is 0 Å². The van der Waals surface area contributed by atoms with Crippen molar-refractivity contribution in [3.05, 3.63) is 33.7 Å². The first-order valence-corrected chi connectivity index (χ1v) is 5.39. The molecule has 1 heteroatoms. The molecule has 0 aliphatic rings. The van der Waals surface area contributed by atoms with Crippen LogP contribution in [0.1, 0.15) is 21.6 Å². The third-order valence-electron chi connectivity index (χ3n) is 2.86. The molecule has 0 nitrogen and oxygen atoms in total. The standard InChI is InChI=1S/C12H14S/c1-7-5-6-11-9(3)10(4)13-12(11)8(7)2/h5-6H,1-4H3. The quantitative estimate of drug-likeness (QED) is 0.586. The average Bonchev–Trinajstić information content (AvgIpc) is 2.38. The Morgan fingerprint density at radius 3 is 2.31 bits per heavy atom. The summed E-state index contributed by atoms with van der Waals surface area (Å²) in [6.45, 7) is 8.81. The van der Waals surface area contributed by atoms with E-state index in [2.05, 4.69) is 39.8 Å². The molecule has 2 aromatic rings. The highest BCUT2D eigenvalue weighted by molar-refractivity contribution is 7.19. The van der Waals surface area contributed by atoms with Gasteiger partial charge in [0, 0.05) is 9.58 Å². The monoisotopic (exact) mass is 190 g/mol. The van der Waals surface area contributed by atoms with Gasteiger partial charge >= 0.3 is 0 Å². The highest BCUT2D eigenvalue weighted by Gasteiger charge is 2.07. The van der Waals surface area contributed by atoms with Crippen LogP contribution < -0.4 is 0 Å². The van der Waals surface area contributed by atoms with Crippen LogP contribution in [-0.2, 0) is 0 Å². The summed E-state index contributed by atoms with van der Waals surface area (Å²) in [5.41, 5.74) is 4.29. The van der Waals surface area contributed by atoms with Gasteiger partial charge in [0.25, 0.3) is 0 Å². The molecule has 0 aliphatic heterocycles. The van der Waals surface area contributed by atoms with Crippen molar-refractivity contribution in [1.82, 2.24) is 0 Å². The molecule has 0 atom stereocenters. The minimum atomic E-state index is 1.40. The second-order valence-corrected chi connectivity index (χ2v) is 4.89. The normalized spacial score (nSPS) is 11.1. The third-order valence-corrected chi connectivity index (χ3v) is 4.21. The number of rotatable bonds is 0. The SMILES string of the molecule is Cc1ccc2c(C)c(C)sc2c1C. The van der Waals surface area contributed by atoms with Gasteiger partial charge in [-0.2, -0.15) is 0 Å². The molecular formula is C12H14S. The van der Waals surface area contributed by atoms with Crippen molar-refractivity contribution in [2.24, 2.45) is 0 Å². The molecule has 1 aromatic carbocycles. The van der Waals surface area contributed by atoms with E-state index in [-0.39, 0.29) is 0 Å². The predicted octanol–water partition coefficient (Wildman–Crippen LogP) is 4.13. The van der Waals surface area contributed by atoms with Gasteiger partial charge in [0.05, 0.1) is 0 Å². The summed E-state index contributed by atoms with van der Waals surface area (Å²) in [6, 6.07) is 4.47. The molecular weight excluding hydrogens is 176 g/mol. The Labute approximate surface area is 83.2 Å². The minimum Gasteiger partial charge on any atom is -0.140 e. The summed E-state index contributed by atoms with van der Waals surface area (Å²) in [5.74, 6) is 0. The lowest BCUT2D eigenvalue weighted by Crippen LogP contribution is -1.79.